The first-order valence-corrected chi connectivity index (χ1v) is 5.25. The minimum atomic E-state index is -0.776. The molecule has 0 bridgehead atoms. The second kappa shape index (κ2) is 5.32. The summed E-state index contributed by atoms with van der Waals surface area (Å²) in [4.78, 5) is 16.2. The lowest BCUT2D eigenvalue weighted by Crippen LogP contribution is -2.38. The molecule has 4 heteroatoms. The van der Waals surface area contributed by atoms with E-state index in [2.05, 4.69) is 5.48 Å². The minimum absolute atomic E-state index is 0.105. The Morgan fingerprint density at radius 3 is 2.36 bits per heavy atom. The zero-order valence-corrected chi connectivity index (χ0v) is 8.71. The van der Waals surface area contributed by atoms with Crippen molar-refractivity contribution in [1.82, 2.24) is 5.48 Å². The molecule has 1 fully saturated rings. The predicted octanol–water partition coefficient (Wildman–Crippen LogP) is 1.71. The van der Waals surface area contributed by atoms with Gasteiger partial charge in [0, 0.05) is 7.05 Å². The maximum Gasteiger partial charge on any atom is 0.306 e. The number of hydrogen-bond acceptors (Lipinski definition) is 3. The number of nitrogens with one attached hydrogen (secondary N) is 1. The second-order valence-corrected chi connectivity index (χ2v) is 3.97. The quantitative estimate of drug-likeness (QED) is 0.537. The van der Waals surface area contributed by atoms with E-state index < -0.39 is 11.6 Å². The molecule has 2 N–H and O–H groups in total. The fraction of sp³-hybridized carbons (Fsp3) is 0.900. The Labute approximate surface area is 84.6 Å². The fourth-order valence-electron chi connectivity index (χ4n) is 2.18. The van der Waals surface area contributed by atoms with Gasteiger partial charge in [0.1, 0.15) is 5.60 Å². The van der Waals surface area contributed by atoms with Crippen molar-refractivity contribution in [3.63, 3.8) is 0 Å². The van der Waals surface area contributed by atoms with E-state index in [4.69, 9.17) is 9.94 Å². The first kappa shape index (κ1) is 11.5. The smallest absolute Gasteiger partial charge is 0.306 e. The Morgan fingerprint density at radius 2 is 1.93 bits per heavy atom. The van der Waals surface area contributed by atoms with E-state index in [-0.39, 0.29) is 6.42 Å². The molecule has 82 valence electrons. The van der Waals surface area contributed by atoms with Crippen LogP contribution in [-0.2, 0) is 9.63 Å². The Bertz CT molecular complexity index is 186. The van der Waals surface area contributed by atoms with Gasteiger partial charge in [-0.2, -0.15) is 0 Å². The summed E-state index contributed by atoms with van der Waals surface area (Å²) < 4.78 is 0. The predicted molar refractivity (Wildman–Crippen MR) is 52.8 cm³/mol. The second-order valence-electron chi connectivity index (χ2n) is 3.97. The summed E-state index contributed by atoms with van der Waals surface area (Å²) in [7, 11) is 1.69. The summed E-state index contributed by atoms with van der Waals surface area (Å²) >= 11 is 0. The number of rotatable bonds is 4. The highest BCUT2D eigenvalue weighted by Gasteiger charge is 2.34. The van der Waals surface area contributed by atoms with Crippen LogP contribution in [0.1, 0.15) is 44.9 Å². The normalized spacial score (nSPS) is 21.5. The molecule has 0 aromatic rings. The molecule has 1 rings (SSSR count). The summed E-state index contributed by atoms with van der Waals surface area (Å²) in [6, 6.07) is 0. The molecule has 0 aromatic heterocycles. The van der Waals surface area contributed by atoms with Crippen molar-refractivity contribution in [2.45, 2.75) is 50.5 Å². The molecule has 0 unspecified atom stereocenters. The molecule has 14 heavy (non-hydrogen) atoms. The van der Waals surface area contributed by atoms with Crippen molar-refractivity contribution >= 4 is 5.97 Å². The van der Waals surface area contributed by atoms with Gasteiger partial charge >= 0.3 is 5.97 Å². The number of carboxylic acids is 1. The van der Waals surface area contributed by atoms with Gasteiger partial charge in [0.05, 0.1) is 6.42 Å². The third kappa shape index (κ3) is 3.27. The SMILES string of the molecule is CNOC1(CC(=O)O)CCCCCC1. The van der Waals surface area contributed by atoms with Gasteiger partial charge in [0.25, 0.3) is 0 Å². The first-order chi connectivity index (χ1) is 6.68. The van der Waals surface area contributed by atoms with Gasteiger partial charge in [-0.15, -0.1) is 0 Å². The van der Waals surface area contributed by atoms with Gasteiger partial charge in [-0.05, 0) is 12.8 Å². The first-order valence-electron chi connectivity index (χ1n) is 5.25. The highest BCUT2D eigenvalue weighted by Crippen LogP contribution is 2.32. The zero-order valence-electron chi connectivity index (χ0n) is 8.71. The summed E-state index contributed by atoms with van der Waals surface area (Å²) in [6.07, 6.45) is 6.31. The number of hydrogen-bond donors (Lipinski definition) is 2. The van der Waals surface area contributed by atoms with Gasteiger partial charge in [-0.3, -0.25) is 9.63 Å². The topological polar surface area (TPSA) is 58.6 Å². The van der Waals surface area contributed by atoms with Crippen LogP contribution in [0, 0.1) is 0 Å². The van der Waals surface area contributed by atoms with Crippen LogP contribution < -0.4 is 5.48 Å². The molecular weight excluding hydrogens is 182 g/mol. The van der Waals surface area contributed by atoms with Gasteiger partial charge in [-0.1, -0.05) is 25.7 Å². The van der Waals surface area contributed by atoms with Crippen LogP contribution in [0.2, 0.25) is 0 Å². The molecule has 0 aromatic carbocycles. The largest absolute Gasteiger partial charge is 0.481 e. The van der Waals surface area contributed by atoms with Crippen LogP contribution in [0.25, 0.3) is 0 Å². The highest BCUT2D eigenvalue weighted by molar-refractivity contribution is 5.68. The van der Waals surface area contributed by atoms with Gasteiger partial charge in [-0.25, -0.2) is 5.48 Å². The van der Waals surface area contributed by atoms with Crippen molar-refractivity contribution in [1.29, 1.82) is 0 Å². The molecule has 0 amide bonds. The van der Waals surface area contributed by atoms with Crippen molar-refractivity contribution in [2.24, 2.45) is 0 Å². The van der Waals surface area contributed by atoms with Crippen molar-refractivity contribution < 1.29 is 14.7 Å². The third-order valence-electron chi connectivity index (χ3n) is 2.81. The van der Waals surface area contributed by atoms with Gasteiger partial charge < -0.3 is 5.11 Å². The van der Waals surface area contributed by atoms with E-state index in [1.54, 1.807) is 7.05 Å². The standard InChI is InChI=1S/C10H19NO3/c1-11-14-10(8-9(12)13)6-4-2-3-5-7-10/h11H,2-8H2,1H3,(H,12,13). The lowest BCUT2D eigenvalue weighted by Gasteiger charge is -2.30. The Morgan fingerprint density at radius 1 is 1.36 bits per heavy atom. The molecule has 0 heterocycles. The number of aliphatic carboxylic acids is 1. The van der Waals surface area contributed by atoms with E-state index in [1.807, 2.05) is 0 Å². The molecular formula is C10H19NO3. The number of carboxylic acid groups (broad SMARTS) is 1. The summed E-state index contributed by atoms with van der Waals surface area (Å²) in [6.45, 7) is 0. The average molecular weight is 201 g/mol. The van der Waals surface area contributed by atoms with Crippen LogP contribution in [0.4, 0.5) is 0 Å². The van der Waals surface area contributed by atoms with E-state index >= 15 is 0 Å². The number of hydroxylamine groups is 1. The van der Waals surface area contributed by atoms with Crippen LogP contribution in [0.3, 0.4) is 0 Å². The Balaban J connectivity index is 2.61. The van der Waals surface area contributed by atoms with E-state index in [0.717, 1.165) is 25.7 Å². The number of carbonyl (C=O) groups is 1. The molecule has 0 atom stereocenters. The molecule has 0 saturated heterocycles. The maximum absolute atomic E-state index is 10.8. The highest BCUT2D eigenvalue weighted by atomic mass is 16.7. The van der Waals surface area contributed by atoms with Crippen molar-refractivity contribution in [3.8, 4) is 0 Å². The van der Waals surface area contributed by atoms with Crippen LogP contribution in [-0.4, -0.2) is 23.7 Å². The summed E-state index contributed by atoms with van der Waals surface area (Å²) in [5, 5.41) is 8.84. The van der Waals surface area contributed by atoms with Crippen molar-refractivity contribution in [3.05, 3.63) is 0 Å². The van der Waals surface area contributed by atoms with Crippen molar-refractivity contribution in [2.75, 3.05) is 7.05 Å². The van der Waals surface area contributed by atoms with Crippen LogP contribution >= 0.6 is 0 Å². The molecule has 4 nitrogen and oxygen atoms in total. The molecule has 1 saturated carbocycles. The van der Waals surface area contributed by atoms with E-state index in [1.165, 1.54) is 12.8 Å². The fourth-order valence-corrected chi connectivity index (χ4v) is 2.18. The maximum atomic E-state index is 10.8. The summed E-state index contributed by atoms with van der Waals surface area (Å²) in [5.74, 6) is -0.776. The molecule has 1 aliphatic carbocycles. The molecule has 0 aliphatic heterocycles. The molecule has 0 radical (unpaired) electrons. The van der Waals surface area contributed by atoms with E-state index in [9.17, 15) is 4.79 Å². The Kier molecular flexibility index (Phi) is 4.35. The molecule has 1 aliphatic rings. The zero-order chi connectivity index (χ0) is 10.4. The lowest BCUT2D eigenvalue weighted by atomic mass is 9.91. The third-order valence-corrected chi connectivity index (χ3v) is 2.81. The van der Waals surface area contributed by atoms with Crippen LogP contribution in [0.5, 0.6) is 0 Å². The van der Waals surface area contributed by atoms with Gasteiger partial charge in [0.2, 0.25) is 0 Å². The average Bonchev–Trinajstić information content (AvgIpc) is 2.30. The monoisotopic (exact) mass is 201 g/mol. The Hall–Kier alpha value is -0.610. The van der Waals surface area contributed by atoms with Crippen LogP contribution in [0.15, 0.2) is 0 Å². The summed E-state index contributed by atoms with van der Waals surface area (Å²) in [5.41, 5.74) is 2.17. The van der Waals surface area contributed by atoms with E-state index in [0.29, 0.717) is 0 Å². The molecule has 0 spiro atoms. The van der Waals surface area contributed by atoms with Gasteiger partial charge in [0.15, 0.2) is 0 Å². The minimum Gasteiger partial charge on any atom is -0.481 e. The lowest BCUT2D eigenvalue weighted by molar-refractivity contribution is -0.154.